The molecule has 0 bridgehead atoms. The zero-order valence-corrected chi connectivity index (χ0v) is 11.5. The van der Waals surface area contributed by atoms with Gasteiger partial charge in [-0.15, -0.1) is 0 Å². The van der Waals surface area contributed by atoms with E-state index in [0.29, 0.717) is 24.7 Å². The summed E-state index contributed by atoms with van der Waals surface area (Å²) in [5.41, 5.74) is 8.61. The number of benzene rings is 1. The molecule has 2 N–H and O–H groups in total. The smallest absolute Gasteiger partial charge is 0.161 e. The van der Waals surface area contributed by atoms with Crippen LogP contribution < -0.4 is 15.2 Å². The lowest BCUT2D eigenvalue weighted by atomic mass is 10.2. The third-order valence-corrected chi connectivity index (χ3v) is 2.94. The number of hydrogen-bond acceptors (Lipinski definition) is 4. The molecule has 0 aliphatic rings. The van der Waals surface area contributed by atoms with E-state index in [-0.39, 0.29) is 0 Å². The van der Waals surface area contributed by atoms with Crippen LogP contribution in [0, 0.1) is 6.92 Å². The van der Waals surface area contributed by atoms with Crippen molar-refractivity contribution in [1.29, 1.82) is 0 Å². The van der Waals surface area contributed by atoms with Gasteiger partial charge in [0.1, 0.15) is 6.61 Å². The van der Waals surface area contributed by atoms with Gasteiger partial charge >= 0.3 is 0 Å². The van der Waals surface area contributed by atoms with Crippen molar-refractivity contribution in [2.45, 2.75) is 20.1 Å². The van der Waals surface area contributed by atoms with Crippen LogP contribution >= 0.6 is 0 Å². The van der Waals surface area contributed by atoms with Crippen molar-refractivity contribution in [3.63, 3.8) is 0 Å². The van der Waals surface area contributed by atoms with Gasteiger partial charge in [0.25, 0.3) is 0 Å². The molecule has 5 heteroatoms. The normalized spacial score (nSPS) is 10.5. The lowest BCUT2D eigenvalue weighted by molar-refractivity contribution is 0.275. The van der Waals surface area contributed by atoms with Crippen LogP contribution in [-0.2, 0) is 20.2 Å². The summed E-state index contributed by atoms with van der Waals surface area (Å²) in [6.07, 6.45) is 0. The van der Waals surface area contributed by atoms with Gasteiger partial charge in [0.15, 0.2) is 11.5 Å². The van der Waals surface area contributed by atoms with E-state index in [1.807, 2.05) is 42.9 Å². The lowest BCUT2D eigenvalue weighted by Gasteiger charge is -2.11. The maximum Gasteiger partial charge on any atom is 0.161 e. The first-order chi connectivity index (χ1) is 9.13. The highest BCUT2D eigenvalue weighted by molar-refractivity contribution is 5.43. The number of nitrogens with zero attached hydrogens (tertiary/aromatic N) is 2. The van der Waals surface area contributed by atoms with E-state index in [1.165, 1.54) is 0 Å². The van der Waals surface area contributed by atoms with Gasteiger partial charge in [0.05, 0.1) is 18.5 Å². The van der Waals surface area contributed by atoms with Gasteiger partial charge < -0.3 is 15.2 Å². The first-order valence-corrected chi connectivity index (χ1v) is 6.13. The molecule has 19 heavy (non-hydrogen) atoms. The molecule has 1 heterocycles. The molecule has 0 radical (unpaired) electrons. The Kier molecular flexibility index (Phi) is 4.06. The predicted molar refractivity (Wildman–Crippen MR) is 73.2 cm³/mol. The van der Waals surface area contributed by atoms with Crippen LogP contribution in [0.3, 0.4) is 0 Å². The number of nitrogens with two attached hydrogens (primary N) is 1. The van der Waals surface area contributed by atoms with E-state index in [9.17, 15) is 0 Å². The summed E-state index contributed by atoms with van der Waals surface area (Å²) in [5.74, 6) is 1.40. The van der Waals surface area contributed by atoms with E-state index in [0.717, 1.165) is 17.0 Å². The van der Waals surface area contributed by atoms with Crippen LogP contribution in [0.5, 0.6) is 11.5 Å². The topological polar surface area (TPSA) is 62.3 Å². The van der Waals surface area contributed by atoms with E-state index in [2.05, 4.69) is 5.10 Å². The molecule has 0 aliphatic heterocycles. The van der Waals surface area contributed by atoms with Crippen molar-refractivity contribution in [3.8, 4) is 11.5 Å². The molecule has 0 amide bonds. The van der Waals surface area contributed by atoms with Crippen molar-refractivity contribution in [2.24, 2.45) is 12.8 Å². The fourth-order valence-electron chi connectivity index (χ4n) is 1.91. The molecule has 1 aromatic heterocycles. The van der Waals surface area contributed by atoms with Crippen molar-refractivity contribution >= 4 is 0 Å². The molecular formula is C14H19N3O2. The van der Waals surface area contributed by atoms with Gasteiger partial charge in [-0.2, -0.15) is 5.10 Å². The molecule has 0 aliphatic carbocycles. The van der Waals surface area contributed by atoms with Crippen LogP contribution in [0.2, 0.25) is 0 Å². The number of hydrogen-bond donors (Lipinski definition) is 1. The van der Waals surface area contributed by atoms with E-state index in [1.54, 1.807) is 7.11 Å². The molecule has 0 saturated heterocycles. The highest BCUT2D eigenvalue weighted by Gasteiger charge is 2.08. The van der Waals surface area contributed by atoms with Crippen LogP contribution in [0.25, 0.3) is 0 Å². The molecule has 0 saturated carbocycles. The van der Waals surface area contributed by atoms with Crippen molar-refractivity contribution < 1.29 is 9.47 Å². The average Bonchev–Trinajstić information content (AvgIpc) is 2.74. The van der Waals surface area contributed by atoms with Gasteiger partial charge in [-0.05, 0) is 30.7 Å². The first-order valence-electron chi connectivity index (χ1n) is 6.13. The SMILES string of the molecule is COc1cc(CN)ccc1OCc1cc(C)nn1C. The number of aryl methyl sites for hydroxylation is 2. The summed E-state index contributed by atoms with van der Waals surface area (Å²) < 4.78 is 12.9. The Morgan fingerprint density at radius 3 is 2.63 bits per heavy atom. The molecule has 5 nitrogen and oxygen atoms in total. The van der Waals surface area contributed by atoms with Crippen molar-refractivity contribution in [2.75, 3.05) is 7.11 Å². The second-order valence-electron chi connectivity index (χ2n) is 4.38. The van der Waals surface area contributed by atoms with Gasteiger partial charge in [0.2, 0.25) is 0 Å². The molecule has 0 unspecified atom stereocenters. The van der Waals surface area contributed by atoms with E-state index < -0.39 is 0 Å². The Labute approximate surface area is 112 Å². The molecule has 0 atom stereocenters. The maximum atomic E-state index is 5.78. The number of aromatic nitrogens is 2. The zero-order valence-electron chi connectivity index (χ0n) is 11.5. The fraction of sp³-hybridized carbons (Fsp3) is 0.357. The molecule has 0 fully saturated rings. The number of rotatable bonds is 5. The summed E-state index contributed by atoms with van der Waals surface area (Å²) in [7, 11) is 3.52. The highest BCUT2D eigenvalue weighted by Crippen LogP contribution is 2.28. The number of methoxy groups -OCH3 is 1. The largest absolute Gasteiger partial charge is 0.493 e. The Balaban J connectivity index is 2.13. The molecular weight excluding hydrogens is 242 g/mol. The second-order valence-corrected chi connectivity index (χ2v) is 4.38. The molecule has 102 valence electrons. The highest BCUT2D eigenvalue weighted by atomic mass is 16.5. The van der Waals surface area contributed by atoms with Crippen LogP contribution in [0.15, 0.2) is 24.3 Å². The molecule has 0 spiro atoms. The van der Waals surface area contributed by atoms with Crippen molar-refractivity contribution in [3.05, 3.63) is 41.2 Å². The molecule has 2 rings (SSSR count). The standard InChI is InChI=1S/C14H19N3O2/c1-10-6-12(17(2)16-10)9-19-13-5-4-11(8-15)7-14(13)18-3/h4-7H,8-9,15H2,1-3H3. The van der Waals surface area contributed by atoms with Gasteiger partial charge in [-0.1, -0.05) is 6.07 Å². The summed E-state index contributed by atoms with van der Waals surface area (Å²) in [4.78, 5) is 0. The third kappa shape index (κ3) is 3.06. The fourth-order valence-corrected chi connectivity index (χ4v) is 1.91. The van der Waals surface area contributed by atoms with Crippen molar-refractivity contribution in [1.82, 2.24) is 9.78 Å². The first kappa shape index (κ1) is 13.4. The Morgan fingerprint density at radius 1 is 1.26 bits per heavy atom. The summed E-state index contributed by atoms with van der Waals surface area (Å²) >= 11 is 0. The van der Waals surface area contributed by atoms with Gasteiger partial charge in [-0.25, -0.2) is 0 Å². The summed E-state index contributed by atoms with van der Waals surface area (Å²) in [5, 5.41) is 4.28. The van der Waals surface area contributed by atoms with Crippen LogP contribution in [-0.4, -0.2) is 16.9 Å². The average molecular weight is 261 g/mol. The number of ether oxygens (including phenoxy) is 2. The molecule has 2 aromatic rings. The minimum Gasteiger partial charge on any atom is -0.493 e. The predicted octanol–water partition coefficient (Wildman–Crippen LogP) is 1.77. The van der Waals surface area contributed by atoms with Crippen LogP contribution in [0.4, 0.5) is 0 Å². The monoisotopic (exact) mass is 261 g/mol. The van der Waals surface area contributed by atoms with Gasteiger partial charge in [-0.3, -0.25) is 4.68 Å². The van der Waals surface area contributed by atoms with E-state index in [4.69, 9.17) is 15.2 Å². The second kappa shape index (κ2) is 5.75. The Morgan fingerprint density at radius 2 is 2.05 bits per heavy atom. The minimum atomic E-state index is 0.454. The zero-order chi connectivity index (χ0) is 13.8. The Hall–Kier alpha value is -2.01. The lowest BCUT2D eigenvalue weighted by Crippen LogP contribution is -2.04. The summed E-state index contributed by atoms with van der Waals surface area (Å²) in [6.45, 7) is 2.90. The maximum absolute atomic E-state index is 5.78. The van der Waals surface area contributed by atoms with Gasteiger partial charge in [0, 0.05) is 13.6 Å². The summed E-state index contributed by atoms with van der Waals surface area (Å²) in [6, 6.07) is 7.71. The minimum absolute atomic E-state index is 0.454. The van der Waals surface area contributed by atoms with E-state index >= 15 is 0 Å². The third-order valence-electron chi connectivity index (χ3n) is 2.94. The quantitative estimate of drug-likeness (QED) is 0.891. The Bertz CT molecular complexity index is 564. The van der Waals surface area contributed by atoms with Crippen LogP contribution in [0.1, 0.15) is 17.0 Å². The molecule has 1 aromatic carbocycles.